The zero-order valence-corrected chi connectivity index (χ0v) is 13.7. The van der Waals surface area contributed by atoms with Crippen molar-refractivity contribution in [2.24, 2.45) is 0 Å². The summed E-state index contributed by atoms with van der Waals surface area (Å²) in [5.74, 6) is 0.622. The van der Waals surface area contributed by atoms with Crippen LogP contribution in [-0.2, 0) is 11.3 Å². The third-order valence-electron chi connectivity index (χ3n) is 2.26. The Morgan fingerprint density at radius 2 is 2.16 bits per heavy atom. The van der Waals surface area contributed by atoms with Crippen molar-refractivity contribution in [3.63, 3.8) is 0 Å². The third kappa shape index (κ3) is 6.15. The molecule has 0 heterocycles. The Bertz CT molecular complexity index is 441. The minimum absolute atomic E-state index is 0.354. The number of hydrogen-bond acceptors (Lipinski definition) is 3. The highest BCUT2D eigenvalue weighted by Crippen LogP contribution is 2.32. The van der Waals surface area contributed by atoms with Crippen LogP contribution in [0.2, 0.25) is 10.0 Å². The molecule has 0 bridgehead atoms. The number of nitrogens with one attached hydrogen (secondary N) is 1. The Hall–Kier alpha value is -0.260. The summed E-state index contributed by atoms with van der Waals surface area (Å²) in [5.41, 5.74) is 0.905. The van der Waals surface area contributed by atoms with E-state index in [0.717, 1.165) is 16.6 Å². The van der Waals surface area contributed by atoms with Crippen molar-refractivity contribution in [3.8, 4) is 5.75 Å². The molecule has 0 aliphatic rings. The number of benzene rings is 1. The van der Waals surface area contributed by atoms with Gasteiger partial charge < -0.3 is 14.8 Å². The molecule has 19 heavy (non-hydrogen) atoms. The van der Waals surface area contributed by atoms with Crippen LogP contribution in [0.3, 0.4) is 0 Å². The highest BCUT2D eigenvalue weighted by atomic mass is 79.9. The molecule has 0 saturated heterocycles. The summed E-state index contributed by atoms with van der Waals surface area (Å²) in [6.45, 7) is 6.07. The molecule has 0 atom stereocenters. The summed E-state index contributed by atoms with van der Waals surface area (Å²) >= 11 is 15.4. The van der Waals surface area contributed by atoms with Crippen LogP contribution in [-0.4, -0.2) is 26.9 Å². The summed E-state index contributed by atoms with van der Waals surface area (Å²) in [5, 5.41) is 4.30. The molecule has 106 valence electrons. The number of rotatable bonds is 8. The van der Waals surface area contributed by atoms with E-state index in [1.54, 1.807) is 13.2 Å². The zero-order chi connectivity index (χ0) is 14.3. The molecule has 6 heteroatoms. The minimum Gasteiger partial charge on any atom is -0.486 e. The van der Waals surface area contributed by atoms with Crippen molar-refractivity contribution in [1.29, 1.82) is 0 Å². The summed E-state index contributed by atoms with van der Waals surface area (Å²) in [6, 6.07) is 3.49. The maximum Gasteiger partial charge on any atom is 0.143 e. The van der Waals surface area contributed by atoms with Gasteiger partial charge in [0.15, 0.2) is 0 Å². The Morgan fingerprint density at radius 3 is 2.79 bits per heavy atom. The molecular formula is C13H16BrCl2NO2. The van der Waals surface area contributed by atoms with Crippen LogP contribution in [0.1, 0.15) is 5.56 Å². The largest absolute Gasteiger partial charge is 0.486 e. The van der Waals surface area contributed by atoms with Crippen LogP contribution >= 0.6 is 39.1 Å². The lowest BCUT2D eigenvalue weighted by atomic mass is 10.2. The molecule has 0 radical (unpaired) electrons. The summed E-state index contributed by atoms with van der Waals surface area (Å²) < 4.78 is 11.4. The maximum absolute atomic E-state index is 6.15. The maximum atomic E-state index is 6.15. The van der Waals surface area contributed by atoms with Gasteiger partial charge in [0.2, 0.25) is 0 Å². The normalized spacial score (nSPS) is 10.5. The molecular weight excluding hydrogens is 353 g/mol. The van der Waals surface area contributed by atoms with E-state index < -0.39 is 0 Å². The Kier molecular flexibility index (Phi) is 7.80. The highest BCUT2D eigenvalue weighted by Gasteiger charge is 2.11. The van der Waals surface area contributed by atoms with Crippen LogP contribution < -0.4 is 10.1 Å². The molecule has 0 saturated carbocycles. The van der Waals surface area contributed by atoms with E-state index in [0.29, 0.717) is 35.6 Å². The predicted octanol–water partition coefficient (Wildman–Crippen LogP) is 4.02. The molecule has 0 amide bonds. The fourth-order valence-electron chi connectivity index (χ4n) is 1.45. The van der Waals surface area contributed by atoms with Crippen molar-refractivity contribution < 1.29 is 9.47 Å². The van der Waals surface area contributed by atoms with Gasteiger partial charge in [-0.2, -0.15) is 0 Å². The minimum atomic E-state index is 0.354. The van der Waals surface area contributed by atoms with Crippen LogP contribution in [0.15, 0.2) is 23.2 Å². The van der Waals surface area contributed by atoms with E-state index in [2.05, 4.69) is 27.8 Å². The van der Waals surface area contributed by atoms with E-state index in [1.807, 2.05) is 6.07 Å². The van der Waals surface area contributed by atoms with Gasteiger partial charge in [0.1, 0.15) is 12.4 Å². The van der Waals surface area contributed by atoms with Gasteiger partial charge in [0.05, 0.1) is 11.6 Å². The topological polar surface area (TPSA) is 30.5 Å². The first-order valence-electron chi connectivity index (χ1n) is 5.68. The van der Waals surface area contributed by atoms with E-state index in [1.165, 1.54) is 0 Å². The van der Waals surface area contributed by atoms with E-state index in [4.69, 9.17) is 32.7 Å². The van der Waals surface area contributed by atoms with Crippen LogP contribution in [0.4, 0.5) is 0 Å². The fourth-order valence-corrected chi connectivity index (χ4v) is 2.16. The van der Waals surface area contributed by atoms with Crippen LogP contribution in [0.5, 0.6) is 5.75 Å². The van der Waals surface area contributed by atoms with Crippen molar-refractivity contribution in [1.82, 2.24) is 5.32 Å². The van der Waals surface area contributed by atoms with Gasteiger partial charge in [0, 0.05) is 35.3 Å². The smallest absolute Gasteiger partial charge is 0.143 e. The monoisotopic (exact) mass is 367 g/mol. The molecule has 0 aliphatic carbocycles. The van der Waals surface area contributed by atoms with E-state index in [9.17, 15) is 0 Å². The lowest BCUT2D eigenvalue weighted by Crippen LogP contribution is -2.19. The number of hydrogen-bond donors (Lipinski definition) is 1. The summed E-state index contributed by atoms with van der Waals surface area (Å²) in [6.07, 6.45) is 0. The first kappa shape index (κ1) is 16.8. The second-order valence-corrected chi connectivity index (χ2v) is 5.82. The highest BCUT2D eigenvalue weighted by molar-refractivity contribution is 9.11. The standard InChI is InChI=1S/C13H16BrCl2NO2/c1-9(14)8-19-13-10(7-17-3-4-18-2)5-11(15)6-12(13)16/h5-6,17H,1,3-4,7-8H2,2H3. The van der Waals surface area contributed by atoms with Crippen molar-refractivity contribution >= 4 is 39.1 Å². The van der Waals surface area contributed by atoms with Gasteiger partial charge >= 0.3 is 0 Å². The molecule has 0 aromatic heterocycles. The first-order chi connectivity index (χ1) is 9.04. The van der Waals surface area contributed by atoms with Gasteiger partial charge in [-0.15, -0.1) is 0 Å². The quantitative estimate of drug-likeness (QED) is 0.703. The SMILES string of the molecule is C=C(Br)COc1c(Cl)cc(Cl)cc1CNCCOC. The molecule has 0 fully saturated rings. The molecule has 3 nitrogen and oxygen atoms in total. The number of halogens is 3. The van der Waals surface area contributed by atoms with Gasteiger partial charge in [-0.05, 0) is 12.1 Å². The third-order valence-corrected chi connectivity index (χ3v) is 2.98. The molecule has 1 rings (SSSR count). The van der Waals surface area contributed by atoms with Gasteiger partial charge in [-0.1, -0.05) is 45.7 Å². The Labute approximate surface area is 132 Å². The van der Waals surface area contributed by atoms with Crippen LogP contribution in [0, 0.1) is 0 Å². The molecule has 0 aliphatic heterocycles. The van der Waals surface area contributed by atoms with Gasteiger partial charge in [0.25, 0.3) is 0 Å². The van der Waals surface area contributed by atoms with Crippen molar-refractivity contribution in [2.75, 3.05) is 26.9 Å². The second-order valence-electron chi connectivity index (χ2n) is 3.85. The van der Waals surface area contributed by atoms with E-state index in [-0.39, 0.29) is 0 Å². The molecule has 1 N–H and O–H groups in total. The Balaban J connectivity index is 2.77. The molecule has 0 spiro atoms. The van der Waals surface area contributed by atoms with Crippen molar-refractivity contribution in [2.45, 2.75) is 6.54 Å². The Morgan fingerprint density at radius 1 is 1.42 bits per heavy atom. The lowest BCUT2D eigenvalue weighted by molar-refractivity contribution is 0.199. The molecule has 1 aromatic carbocycles. The lowest BCUT2D eigenvalue weighted by Gasteiger charge is -2.14. The average Bonchev–Trinajstić information content (AvgIpc) is 2.33. The van der Waals surface area contributed by atoms with Gasteiger partial charge in [-0.3, -0.25) is 0 Å². The fraction of sp³-hybridized carbons (Fsp3) is 0.385. The summed E-state index contributed by atoms with van der Waals surface area (Å²) in [7, 11) is 1.66. The first-order valence-corrected chi connectivity index (χ1v) is 7.23. The number of methoxy groups -OCH3 is 1. The molecule has 0 unspecified atom stereocenters. The second kappa shape index (κ2) is 8.82. The van der Waals surface area contributed by atoms with Crippen LogP contribution in [0.25, 0.3) is 0 Å². The van der Waals surface area contributed by atoms with E-state index >= 15 is 0 Å². The average molecular weight is 369 g/mol. The molecule has 1 aromatic rings. The predicted molar refractivity (Wildman–Crippen MR) is 83.6 cm³/mol. The number of ether oxygens (including phenoxy) is 2. The van der Waals surface area contributed by atoms with Gasteiger partial charge in [-0.25, -0.2) is 0 Å². The van der Waals surface area contributed by atoms with Crippen molar-refractivity contribution in [3.05, 3.63) is 38.8 Å². The summed E-state index contributed by atoms with van der Waals surface area (Å²) in [4.78, 5) is 0. The zero-order valence-electron chi connectivity index (χ0n) is 10.6.